The number of hydrogen-bond acceptors (Lipinski definition) is 14. The second kappa shape index (κ2) is 23.0. The van der Waals surface area contributed by atoms with Gasteiger partial charge in [0.05, 0.1) is 6.61 Å². The van der Waals surface area contributed by atoms with Gasteiger partial charge in [0.15, 0.2) is 0 Å². The minimum absolute atomic E-state index is 0.00106. The maximum absolute atomic E-state index is 11.8. The van der Waals surface area contributed by atoms with Gasteiger partial charge in [0.25, 0.3) is 0 Å². The van der Waals surface area contributed by atoms with Crippen molar-refractivity contribution in [3.8, 4) is 0 Å². The predicted octanol–water partition coefficient (Wildman–Crippen LogP) is 3.73. The van der Waals surface area contributed by atoms with Crippen LogP contribution in [0, 0.1) is 0 Å². The molecule has 0 aliphatic carbocycles. The van der Waals surface area contributed by atoms with Crippen molar-refractivity contribution in [2.24, 2.45) is 0 Å². The second-order valence-corrected chi connectivity index (χ2v) is 17.8. The molecule has 0 N–H and O–H groups in total. The van der Waals surface area contributed by atoms with Crippen molar-refractivity contribution in [3.63, 3.8) is 0 Å². The van der Waals surface area contributed by atoms with Gasteiger partial charge in [-0.1, -0.05) is 6.58 Å². The fraction of sp³-hybridized carbons (Fsp3) is 0.875. The molecule has 0 atom stereocenters. The highest BCUT2D eigenvalue weighted by Crippen LogP contribution is 2.33. The second-order valence-electron chi connectivity index (χ2n) is 7.86. The van der Waals surface area contributed by atoms with E-state index in [9.17, 15) is 4.79 Å². The molecular formula is C24H54O14Si4. The van der Waals surface area contributed by atoms with E-state index < -0.39 is 41.9 Å². The van der Waals surface area contributed by atoms with E-state index in [-0.39, 0.29) is 78.5 Å². The summed E-state index contributed by atoms with van der Waals surface area (Å²) in [5.74, 6) is -0.574. The molecule has 0 heterocycles. The summed E-state index contributed by atoms with van der Waals surface area (Å²) >= 11 is 0. The summed E-state index contributed by atoms with van der Waals surface area (Å²) in [5.41, 5.74) is 0. The highest BCUT2D eigenvalue weighted by atomic mass is 28.5. The first-order chi connectivity index (χ1) is 20.1. The van der Waals surface area contributed by atoms with Crippen LogP contribution < -0.4 is 0 Å². The van der Waals surface area contributed by atoms with Crippen LogP contribution in [-0.2, 0) is 61.7 Å². The summed E-state index contributed by atoms with van der Waals surface area (Å²) in [5, 5.41) is 0. The lowest BCUT2D eigenvalue weighted by Gasteiger charge is -2.43. The zero-order chi connectivity index (χ0) is 32.0. The molecule has 0 aromatic heterocycles. The number of rotatable bonds is 29. The van der Waals surface area contributed by atoms with Crippen LogP contribution in [-0.4, -0.2) is 108 Å². The van der Waals surface area contributed by atoms with Gasteiger partial charge in [-0.25, -0.2) is 4.79 Å². The van der Waals surface area contributed by atoms with E-state index in [1.54, 1.807) is 62.3 Å². The van der Waals surface area contributed by atoms with Crippen molar-refractivity contribution >= 4 is 41.9 Å². The van der Waals surface area contributed by atoms with Crippen molar-refractivity contribution in [1.82, 2.24) is 0 Å². The van der Waals surface area contributed by atoms with Gasteiger partial charge < -0.3 is 56.9 Å². The van der Waals surface area contributed by atoms with Crippen LogP contribution in [0.3, 0.4) is 0 Å². The van der Waals surface area contributed by atoms with E-state index in [1.165, 1.54) is 0 Å². The Bertz CT molecular complexity index is 600. The number of carbonyl (C=O) groups excluding carboxylic acids is 1. The summed E-state index contributed by atoms with van der Waals surface area (Å²) < 4.78 is 80.0. The van der Waals surface area contributed by atoms with Crippen LogP contribution >= 0.6 is 0 Å². The Morgan fingerprint density at radius 3 is 1.00 bits per heavy atom. The molecular weight excluding hydrogens is 625 g/mol. The van der Waals surface area contributed by atoms with E-state index >= 15 is 0 Å². The SMILES string of the molecule is C=CC(=O)OCCC[Si](O[Si](OCC)(OCC)OCC)(O[Si](OCC)(OCC)OCC)O[Si](OCC)(OCC)OCC. The Balaban J connectivity index is 7.35. The highest BCUT2D eigenvalue weighted by Gasteiger charge is 2.67. The summed E-state index contributed by atoms with van der Waals surface area (Å²) in [6, 6.07) is 0.0450. The average Bonchev–Trinajstić information content (AvgIpc) is 2.92. The molecule has 250 valence electrons. The first kappa shape index (κ1) is 41.6. The molecule has 0 unspecified atom stereocenters. The van der Waals surface area contributed by atoms with Gasteiger partial charge in [-0.05, 0) is 68.7 Å². The Hall–Kier alpha value is -0.402. The monoisotopic (exact) mass is 678 g/mol. The largest absolute Gasteiger partial charge is 0.672 e. The van der Waals surface area contributed by atoms with Crippen molar-refractivity contribution in [2.75, 3.05) is 66.1 Å². The van der Waals surface area contributed by atoms with Gasteiger partial charge in [0.1, 0.15) is 0 Å². The van der Waals surface area contributed by atoms with Crippen LogP contribution in [0.25, 0.3) is 0 Å². The smallest absolute Gasteiger partial charge is 0.463 e. The number of carbonyl (C=O) groups is 1. The molecule has 0 radical (unpaired) electrons. The molecule has 14 nitrogen and oxygen atoms in total. The molecule has 0 fully saturated rings. The summed E-state index contributed by atoms with van der Waals surface area (Å²) in [6.45, 7) is 21.5. The maximum atomic E-state index is 11.8. The molecule has 0 aliphatic heterocycles. The minimum atomic E-state index is -4.28. The first-order valence-electron chi connectivity index (χ1n) is 14.8. The molecule has 0 saturated heterocycles. The predicted molar refractivity (Wildman–Crippen MR) is 161 cm³/mol. The maximum Gasteiger partial charge on any atom is 0.672 e. The van der Waals surface area contributed by atoms with Crippen molar-refractivity contribution < 1.29 is 61.7 Å². The molecule has 42 heavy (non-hydrogen) atoms. The zero-order valence-electron chi connectivity index (χ0n) is 27.0. The molecule has 0 spiro atoms. The molecule has 0 rings (SSSR count). The van der Waals surface area contributed by atoms with E-state index in [4.69, 9.17) is 56.9 Å². The van der Waals surface area contributed by atoms with Crippen LogP contribution in [0.2, 0.25) is 6.04 Å². The quantitative estimate of drug-likeness (QED) is 0.0492. The first-order valence-corrected chi connectivity index (χ1v) is 21.6. The fourth-order valence-corrected chi connectivity index (χ4v) is 17.6. The van der Waals surface area contributed by atoms with Gasteiger partial charge in [-0.2, -0.15) is 0 Å². The third kappa shape index (κ3) is 14.6. The van der Waals surface area contributed by atoms with E-state index in [0.717, 1.165) is 6.08 Å². The zero-order valence-corrected chi connectivity index (χ0v) is 31.0. The lowest BCUT2D eigenvalue weighted by Crippen LogP contribution is -2.70. The Morgan fingerprint density at radius 2 is 0.786 bits per heavy atom. The average molecular weight is 679 g/mol. The van der Waals surface area contributed by atoms with Crippen LogP contribution in [0.5, 0.6) is 0 Å². The fourth-order valence-electron chi connectivity index (χ4n) is 3.54. The number of ether oxygens (including phenoxy) is 1. The van der Waals surface area contributed by atoms with E-state index in [0.29, 0.717) is 0 Å². The normalized spacial score (nSPS) is 13.0. The van der Waals surface area contributed by atoms with E-state index in [2.05, 4.69) is 6.58 Å². The Kier molecular flexibility index (Phi) is 22.8. The van der Waals surface area contributed by atoms with Gasteiger partial charge in [-0.15, -0.1) is 0 Å². The highest BCUT2D eigenvalue weighted by molar-refractivity contribution is 6.82. The summed E-state index contributed by atoms with van der Waals surface area (Å²) in [4.78, 5) is 11.8. The molecule has 0 aromatic carbocycles. The topological polar surface area (TPSA) is 137 Å². The van der Waals surface area contributed by atoms with Crippen molar-refractivity contribution in [3.05, 3.63) is 12.7 Å². The van der Waals surface area contributed by atoms with Gasteiger partial charge in [-0.3, -0.25) is 0 Å². The molecule has 0 amide bonds. The van der Waals surface area contributed by atoms with Crippen LogP contribution in [0.15, 0.2) is 12.7 Å². The van der Waals surface area contributed by atoms with Crippen molar-refractivity contribution in [2.45, 2.75) is 74.8 Å². The minimum Gasteiger partial charge on any atom is -0.463 e. The van der Waals surface area contributed by atoms with Crippen LogP contribution in [0.4, 0.5) is 0 Å². The summed E-state index contributed by atoms with van der Waals surface area (Å²) in [7, 11) is -16.2. The third-order valence-electron chi connectivity index (χ3n) is 4.77. The molecule has 0 bridgehead atoms. The molecule has 0 aliphatic rings. The lowest BCUT2D eigenvalue weighted by molar-refractivity contribution is -0.137. The third-order valence-corrected chi connectivity index (χ3v) is 18.2. The molecule has 0 aromatic rings. The number of hydrogen-bond donors (Lipinski definition) is 0. The summed E-state index contributed by atoms with van der Waals surface area (Å²) in [6.07, 6.45) is 1.31. The lowest BCUT2D eigenvalue weighted by atomic mass is 10.5. The van der Waals surface area contributed by atoms with E-state index in [1.807, 2.05) is 0 Å². The molecule has 0 saturated carbocycles. The molecule has 18 heteroatoms. The van der Waals surface area contributed by atoms with Crippen LogP contribution in [0.1, 0.15) is 68.7 Å². The van der Waals surface area contributed by atoms with Gasteiger partial charge in [0, 0.05) is 71.6 Å². The van der Waals surface area contributed by atoms with Gasteiger partial charge in [0.2, 0.25) is 0 Å². The van der Waals surface area contributed by atoms with Crippen molar-refractivity contribution in [1.29, 1.82) is 0 Å². The van der Waals surface area contributed by atoms with Gasteiger partial charge >= 0.3 is 41.9 Å². The number of esters is 1. The standard InChI is InChI=1S/C24H54O14Si4/c1-11-24(25)26-22-21-23-39(36-40(27-12-2,28-13-3)29-14-4,37-41(30-15-5,31-16-6)32-17-7)38-42(33-18-8,34-19-9)35-20-10/h11H,1,12-23H2,2-10H3. The Morgan fingerprint density at radius 1 is 0.524 bits per heavy atom. The Labute approximate surface area is 256 Å².